The SMILES string of the molecule is Cn1cc(CN2CC3(C2)OCC[C@H]3CCNC(=O)c2cccn2C)cn1. The third-order valence-corrected chi connectivity index (χ3v) is 5.70. The summed E-state index contributed by atoms with van der Waals surface area (Å²) in [6.07, 6.45) is 7.94. The fourth-order valence-electron chi connectivity index (χ4n) is 4.32. The number of ether oxygens (including phenoxy) is 1. The lowest BCUT2D eigenvalue weighted by Crippen LogP contribution is -2.64. The van der Waals surface area contributed by atoms with Crippen molar-refractivity contribution in [1.82, 2.24) is 24.6 Å². The second-order valence-electron chi connectivity index (χ2n) is 7.62. The van der Waals surface area contributed by atoms with E-state index in [0.717, 1.165) is 39.1 Å². The van der Waals surface area contributed by atoms with Gasteiger partial charge in [0.15, 0.2) is 0 Å². The molecule has 4 heterocycles. The van der Waals surface area contributed by atoms with Gasteiger partial charge in [-0.1, -0.05) is 0 Å². The molecule has 7 nitrogen and oxygen atoms in total. The molecule has 2 aromatic rings. The minimum absolute atomic E-state index is 0.00252. The molecule has 0 saturated carbocycles. The van der Waals surface area contributed by atoms with Crippen molar-refractivity contribution in [3.8, 4) is 0 Å². The van der Waals surface area contributed by atoms with Gasteiger partial charge in [0.05, 0.1) is 11.8 Å². The van der Waals surface area contributed by atoms with Crippen LogP contribution < -0.4 is 5.32 Å². The minimum atomic E-state index is -0.0160. The van der Waals surface area contributed by atoms with Crippen molar-refractivity contribution in [3.05, 3.63) is 42.0 Å². The lowest BCUT2D eigenvalue weighted by molar-refractivity contribution is -0.136. The third-order valence-electron chi connectivity index (χ3n) is 5.70. The Morgan fingerprint density at radius 3 is 2.96 bits per heavy atom. The molecule has 140 valence electrons. The molecule has 0 unspecified atom stereocenters. The van der Waals surface area contributed by atoms with E-state index in [0.29, 0.717) is 18.2 Å². The zero-order valence-corrected chi connectivity index (χ0v) is 15.5. The molecule has 1 atom stereocenters. The highest BCUT2D eigenvalue weighted by Gasteiger charge is 2.52. The molecule has 2 fully saturated rings. The summed E-state index contributed by atoms with van der Waals surface area (Å²) >= 11 is 0. The maximum Gasteiger partial charge on any atom is 0.267 e. The van der Waals surface area contributed by atoms with Gasteiger partial charge in [0.1, 0.15) is 5.69 Å². The van der Waals surface area contributed by atoms with Crippen molar-refractivity contribution in [2.75, 3.05) is 26.2 Å². The van der Waals surface area contributed by atoms with Crippen LogP contribution in [0.2, 0.25) is 0 Å². The Kier molecular flexibility index (Phi) is 4.58. The van der Waals surface area contributed by atoms with Crippen LogP contribution in [-0.2, 0) is 25.4 Å². The molecule has 0 aliphatic carbocycles. The lowest BCUT2D eigenvalue weighted by Gasteiger charge is -2.50. The highest BCUT2D eigenvalue weighted by Crippen LogP contribution is 2.41. The first kappa shape index (κ1) is 17.3. The predicted molar refractivity (Wildman–Crippen MR) is 97.6 cm³/mol. The van der Waals surface area contributed by atoms with Gasteiger partial charge in [0, 0.05) is 64.8 Å². The fourth-order valence-corrected chi connectivity index (χ4v) is 4.32. The Labute approximate surface area is 153 Å². The van der Waals surface area contributed by atoms with Crippen molar-refractivity contribution < 1.29 is 9.53 Å². The summed E-state index contributed by atoms with van der Waals surface area (Å²) in [5.41, 5.74) is 1.93. The Bertz CT molecular complexity index is 774. The molecule has 1 spiro atoms. The Morgan fingerprint density at radius 1 is 1.42 bits per heavy atom. The van der Waals surface area contributed by atoms with Gasteiger partial charge in [0.2, 0.25) is 0 Å². The van der Waals surface area contributed by atoms with Crippen molar-refractivity contribution >= 4 is 5.91 Å². The van der Waals surface area contributed by atoms with E-state index >= 15 is 0 Å². The smallest absolute Gasteiger partial charge is 0.267 e. The zero-order valence-electron chi connectivity index (χ0n) is 15.5. The molecule has 1 amide bonds. The molecular formula is C19H27N5O2. The van der Waals surface area contributed by atoms with E-state index < -0.39 is 0 Å². The second-order valence-corrected chi connectivity index (χ2v) is 7.62. The maximum absolute atomic E-state index is 12.2. The molecule has 2 aliphatic heterocycles. The first-order valence-electron chi connectivity index (χ1n) is 9.29. The first-order valence-corrected chi connectivity index (χ1v) is 9.29. The number of nitrogens with one attached hydrogen (secondary N) is 1. The Balaban J connectivity index is 1.25. The summed E-state index contributed by atoms with van der Waals surface area (Å²) in [6.45, 7) is 4.39. The molecule has 0 bridgehead atoms. The molecular weight excluding hydrogens is 330 g/mol. The van der Waals surface area contributed by atoms with Crippen LogP contribution in [0.4, 0.5) is 0 Å². The van der Waals surface area contributed by atoms with E-state index in [2.05, 4.69) is 21.5 Å². The Morgan fingerprint density at radius 2 is 2.27 bits per heavy atom. The number of nitrogens with zero attached hydrogens (tertiary/aromatic N) is 4. The van der Waals surface area contributed by atoms with Crippen LogP contribution in [0.25, 0.3) is 0 Å². The number of carbonyl (C=O) groups excluding carboxylic acids is 1. The fraction of sp³-hybridized carbons (Fsp3) is 0.579. The maximum atomic E-state index is 12.2. The molecule has 0 aromatic carbocycles. The van der Waals surface area contributed by atoms with E-state index in [1.165, 1.54) is 5.56 Å². The summed E-state index contributed by atoms with van der Waals surface area (Å²) in [5.74, 6) is 0.513. The number of carbonyl (C=O) groups is 1. The number of amides is 1. The summed E-state index contributed by atoms with van der Waals surface area (Å²) in [6, 6.07) is 3.73. The monoisotopic (exact) mass is 357 g/mol. The number of aryl methyl sites for hydroxylation is 2. The van der Waals surface area contributed by atoms with Crippen LogP contribution >= 0.6 is 0 Å². The topological polar surface area (TPSA) is 64.3 Å². The predicted octanol–water partition coefficient (Wildman–Crippen LogP) is 1.17. The van der Waals surface area contributed by atoms with Gasteiger partial charge in [-0.2, -0.15) is 5.10 Å². The van der Waals surface area contributed by atoms with E-state index in [1.807, 2.05) is 47.9 Å². The van der Waals surface area contributed by atoms with E-state index in [4.69, 9.17) is 4.74 Å². The minimum Gasteiger partial charge on any atom is -0.372 e. The van der Waals surface area contributed by atoms with Crippen molar-refractivity contribution in [3.63, 3.8) is 0 Å². The average Bonchev–Trinajstić information content (AvgIpc) is 3.28. The molecule has 4 rings (SSSR count). The first-order chi connectivity index (χ1) is 12.6. The molecule has 1 N–H and O–H groups in total. The third kappa shape index (κ3) is 3.29. The van der Waals surface area contributed by atoms with Gasteiger partial charge < -0.3 is 14.6 Å². The lowest BCUT2D eigenvalue weighted by atomic mass is 9.79. The van der Waals surface area contributed by atoms with Gasteiger partial charge in [-0.15, -0.1) is 0 Å². The van der Waals surface area contributed by atoms with Crippen molar-refractivity contribution in [2.24, 2.45) is 20.0 Å². The average molecular weight is 357 g/mol. The highest BCUT2D eigenvalue weighted by atomic mass is 16.5. The van der Waals surface area contributed by atoms with E-state index in [-0.39, 0.29) is 11.5 Å². The van der Waals surface area contributed by atoms with Gasteiger partial charge in [-0.3, -0.25) is 14.4 Å². The molecule has 2 saturated heterocycles. The van der Waals surface area contributed by atoms with Crippen LogP contribution in [0.3, 0.4) is 0 Å². The van der Waals surface area contributed by atoms with Crippen molar-refractivity contribution in [1.29, 1.82) is 0 Å². The number of likely N-dealkylation sites (tertiary alicyclic amines) is 1. The summed E-state index contributed by atoms with van der Waals surface area (Å²) in [5, 5.41) is 7.29. The van der Waals surface area contributed by atoms with E-state index in [9.17, 15) is 4.79 Å². The number of aromatic nitrogens is 3. The second kappa shape index (κ2) is 6.89. The van der Waals surface area contributed by atoms with Crippen LogP contribution in [0.15, 0.2) is 30.7 Å². The molecule has 0 radical (unpaired) electrons. The summed E-state index contributed by atoms with van der Waals surface area (Å²) in [4.78, 5) is 14.6. The normalized spacial score (nSPS) is 21.8. The van der Waals surface area contributed by atoms with E-state index in [1.54, 1.807) is 0 Å². The number of hydrogen-bond acceptors (Lipinski definition) is 4. The molecule has 26 heavy (non-hydrogen) atoms. The van der Waals surface area contributed by atoms with Crippen LogP contribution in [0.1, 0.15) is 28.9 Å². The summed E-state index contributed by atoms with van der Waals surface area (Å²) < 4.78 is 9.82. The van der Waals surface area contributed by atoms with Gasteiger partial charge in [-0.25, -0.2) is 0 Å². The molecule has 7 heteroatoms. The van der Waals surface area contributed by atoms with Gasteiger partial charge in [0.25, 0.3) is 5.91 Å². The van der Waals surface area contributed by atoms with Crippen LogP contribution in [-0.4, -0.2) is 57.0 Å². The molecule has 2 aromatic heterocycles. The number of hydrogen-bond donors (Lipinski definition) is 1. The zero-order chi connectivity index (χ0) is 18.1. The Hall–Kier alpha value is -2.12. The standard InChI is InChI=1S/C19H27N5O2/c1-22-8-3-4-17(22)18(25)20-7-5-16-6-9-26-19(16)13-24(14-19)12-15-10-21-23(2)11-15/h3-4,8,10-11,16H,5-7,9,12-14H2,1-2H3,(H,20,25)/t16-/m1/s1. The highest BCUT2D eigenvalue weighted by molar-refractivity contribution is 5.92. The van der Waals surface area contributed by atoms with Gasteiger partial charge in [-0.05, 0) is 30.9 Å². The number of rotatable bonds is 6. The van der Waals surface area contributed by atoms with Crippen molar-refractivity contribution in [2.45, 2.75) is 25.0 Å². The van der Waals surface area contributed by atoms with Gasteiger partial charge >= 0.3 is 0 Å². The van der Waals surface area contributed by atoms with Crippen LogP contribution in [0, 0.1) is 5.92 Å². The summed E-state index contributed by atoms with van der Waals surface area (Å²) in [7, 11) is 3.83. The molecule has 2 aliphatic rings. The quantitative estimate of drug-likeness (QED) is 0.843. The largest absolute Gasteiger partial charge is 0.372 e. The van der Waals surface area contributed by atoms with Crippen LogP contribution in [0.5, 0.6) is 0 Å².